The van der Waals surface area contributed by atoms with Crippen LogP contribution >= 0.6 is 11.6 Å². The third kappa shape index (κ3) is 6.33. The van der Waals surface area contributed by atoms with Gasteiger partial charge in [0.25, 0.3) is 5.91 Å². The smallest absolute Gasteiger partial charge is 0.493 e. The van der Waals surface area contributed by atoms with E-state index in [-0.39, 0.29) is 33.7 Å². The molecule has 0 aliphatic carbocycles. The number of anilines is 1. The van der Waals surface area contributed by atoms with Crippen molar-refractivity contribution in [3.05, 3.63) is 70.3 Å². The van der Waals surface area contributed by atoms with Crippen molar-refractivity contribution >= 4 is 29.2 Å². The van der Waals surface area contributed by atoms with Gasteiger partial charge in [-0.2, -0.15) is 0 Å². The molecule has 1 amide bonds. The number of halogens is 5. The predicted molar refractivity (Wildman–Crippen MR) is 119 cm³/mol. The number of nitrogens with zero attached hydrogens (tertiary/aromatic N) is 1. The van der Waals surface area contributed by atoms with Gasteiger partial charge in [0.15, 0.2) is 11.5 Å². The molecule has 36 heavy (non-hydrogen) atoms. The van der Waals surface area contributed by atoms with Gasteiger partial charge in [-0.1, -0.05) is 11.6 Å². The monoisotopic (exact) mass is 528 g/mol. The average Bonchev–Trinajstić information content (AvgIpc) is 2.79. The Hall–Kier alpha value is -4.06. The number of pyridine rings is 1. The molecule has 0 unspecified atom stereocenters. The van der Waals surface area contributed by atoms with Gasteiger partial charge in [0, 0.05) is 29.0 Å². The van der Waals surface area contributed by atoms with Gasteiger partial charge in [-0.15, -0.1) is 13.2 Å². The molecule has 0 bridgehead atoms. The Bertz CT molecular complexity index is 1320. The lowest BCUT2D eigenvalue weighted by Crippen LogP contribution is -2.17. The Morgan fingerprint density at radius 1 is 1.03 bits per heavy atom. The number of rotatable bonds is 7. The fraction of sp³-hybridized carbons (Fsp3) is 0.174. The van der Waals surface area contributed by atoms with Crippen LogP contribution in [0.2, 0.25) is 5.02 Å². The number of aromatic nitrogens is 1. The van der Waals surface area contributed by atoms with E-state index in [1.54, 1.807) is 6.92 Å². The van der Waals surface area contributed by atoms with E-state index in [0.29, 0.717) is 5.56 Å². The molecule has 0 saturated carbocycles. The van der Waals surface area contributed by atoms with Crippen LogP contribution in [-0.2, 0) is 4.74 Å². The van der Waals surface area contributed by atoms with Gasteiger partial charge in [-0.25, -0.2) is 14.2 Å². The molecule has 0 fully saturated rings. The van der Waals surface area contributed by atoms with Crippen LogP contribution in [0.4, 0.5) is 23.2 Å². The van der Waals surface area contributed by atoms with E-state index in [0.717, 1.165) is 44.6 Å². The SMILES string of the molecule is COC(=O)c1cc(NC(=O)c2c(F)cc(Cl)cc2Oc2ccc(OC(F)(F)F)cc2OC)c(C)cn1. The highest BCUT2D eigenvalue weighted by molar-refractivity contribution is 6.31. The summed E-state index contributed by atoms with van der Waals surface area (Å²) in [6, 6.07) is 6.18. The Kier molecular flexibility index (Phi) is 7.88. The van der Waals surface area contributed by atoms with E-state index < -0.39 is 35.4 Å². The molecule has 13 heteroatoms. The largest absolute Gasteiger partial charge is 0.573 e. The number of methoxy groups -OCH3 is 2. The van der Waals surface area contributed by atoms with E-state index in [2.05, 4.69) is 19.8 Å². The topological polar surface area (TPSA) is 96.0 Å². The van der Waals surface area contributed by atoms with Crippen LogP contribution in [0.1, 0.15) is 26.4 Å². The lowest BCUT2D eigenvalue weighted by Gasteiger charge is -2.16. The number of nitrogens with one attached hydrogen (secondary N) is 1. The van der Waals surface area contributed by atoms with Gasteiger partial charge in [0.1, 0.15) is 28.6 Å². The molecule has 1 aromatic heterocycles. The Balaban J connectivity index is 1.97. The quantitative estimate of drug-likeness (QED) is 0.300. The maximum absolute atomic E-state index is 14.9. The molecule has 1 N–H and O–H groups in total. The second kappa shape index (κ2) is 10.7. The lowest BCUT2D eigenvalue weighted by atomic mass is 10.1. The molecule has 8 nitrogen and oxygen atoms in total. The third-order valence-electron chi connectivity index (χ3n) is 4.58. The van der Waals surface area contributed by atoms with E-state index in [1.165, 1.54) is 12.3 Å². The van der Waals surface area contributed by atoms with Gasteiger partial charge in [-0.05, 0) is 36.8 Å². The normalized spacial score (nSPS) is 11.0. The zero-order chi connectivity index (χ0) is 26.6. The fourth-order valence-corrected chi connectivity index (χ4v) is 3.15. The maximum atomic E-state index is 14.9. The maximum Gasteiger partial charge on any atom is 0.573 e. The van der Waals surface area contributed by atoms with Crippen molar-refractivity contribution in [1.29, 1.82) is 0 Å². The molecule has 190 valence electrons. The van der Waals surface area contributed by atoms with Gasteiger partial charge in [-0.3, -0.25) is 4.79 Å². The number of carbonyl (C=O) groups is 2. The zero-order valence-electron chi connectivity index (χ0n) is 18.8. The first-order valence-corrected chi connectivity index (χ1v) is 10.3. The highest BCUT2D eigenvalue weighted by atomic mass is 35.5. The van der Waals surface area contributed by atoms with Crippen LogP contribution in [-0.4, -0.2) is 37.4 Å². The van der Waals surface area contributed by atoms with Crippen LogP contribution in [0.25, 0.3) is 0 Å². The van der Waals surface area contributed by atoms with E-state index in [9.17, 15) is 27.2 Å². The van der Waals surface area contributed by atoms with Crippen LogP contribution in [0.15, 0.2) is 42.6 Å². The van der Waals surface area contributed by atoms with Crippen LogP contribution in [0.3, 0.4) is 0 Å². The van der Waals surface area contributed by atoms with Crippen molar-refractivity contribution in [2.24, 2.45) is 0 Å². The van der Waals surface area contributed by atoms with Crippen LogP contribution in [0.5, 0.6) is 23.0 Å². The summed E-state index contributed by atoms with van der Waals surface area (Å²) in [6.45, 7) is 1.59. The summed E-state index contributed by atoms with van der Waals surface area (Å²) in [5, 5.41) is 2.35. The molecular formula is C23H17ClF4N2O6. The molecule has 3 aromatic rings. The number of carbonyl (C=O) groups excluding carboxylic acids is 2. The predicted octanol–water partition coefficient (Wildman–Crippen LogP) is 5.92. The molecule has 1 heterocycles. The first kappa shape index (κ1) is 26.5. The number of ether oxygens (including phenoxy) is 4. The minimum absolute atomic E-state index is 0.0997. The first-order valence-electron chi connectivity index (χ1n) is 9.88. The summed E-state index contributed by atoms with van der Waals surface area (Å²) < 4.78 is 71.6. The fourth-order valence-electron chi connectivity index (χ4n) is 2.96. The van der Waals surface area contributed by atoms with Crippen molar-refractivity contribution in [2.45, 2.75) is 13.3 Å². The van der Waals surface area contributed by atoms with Crippen molar-refractivity contribution in [1.82, 2.24) is 4.98 Å². The minimum Gasteiger partial charge on any atom is -0.493 e. The number of aryl methyl sites for hydroxylation is 1. The molecule has 2 aromatic carbocycles. The molecule has 0 radical (unpaired) electrons. The molecule has 0 atom stereocenters. The van der Waals surface area contributed by atoms with E-state index in [4.69, 9.17) is 21.1 Å². The number of benzene rings is 2. The molecule has 0 spiro atoms. The Labute approximate surface area is 206 Å². The summed E-state index contributed by atoms with van der Waals surface area (Å²) in [5.74, 6) is -4.08. The van der Waals surface area contributed by atoms with Crippen LogP contribution in [0, 0.1) is 12.7 Å². The van der Waals surface area contributed by atoms with Gasteiger partial charge in [0.2, 0.25) is 0 Å². The summed E-state index contributed by atoms with van der Waals surface area (Å²) >= 11 is 5.93. The van der Waals surface area contributed by atoms with E-state index >= 15 is 0 Å². The Morgan fingerprint density at radius 2 is 1.75 bits per heavy atom. The molecular weight excluding hydrogens is 512 g/mol. The summed E-state index contributed by atoms with van der Waals surface area (Å²) in [6.07, 6.45) is -3.62. The number of hydrogen-bond donors (Lipinski definition) is 1. The molecule has 0 aliphatic rings. The van der Waals surface area contributed by atoms with Crippen LogP contribution < -0.4 is 19.5 Å². The third-order valence-corrected chi connectivity index (χ3v) is 4.80. The van der Waals surface area contributed by atoms with Gasteiger partial charge in [0.05, 0.1) is 14.2 Å². The van der Waals surface area contributed by atoms with Gasteiger partial charge < -0.3 is 24.3 Å². The highest BCUT2D eigenvalue weighted by Gasteiger charge is 2.31. The summed E-state index contributed by atoms with van der Waals surface area (Å²) in [4.78, 5) is 28.7. The average molecular weight is 529 g/mol. The lowest BCUT2D eigenvalue weighted by molar-refractivity contribution is -0.274. The number of esters is 1. The number of amides is 1. The standard InChI is InChI=1S/C23H17ClF4N2O6/c1-11-10-29-16(22(32)34-3)9-15(11)30-21(31)20-14(25)6-12(24)7-19(20)35-17-5-4-13(8-18(17)33-2)36-23(26,27)28/h4-10H,1-3H3,(H,29,30,31). The highest BCUT2D eigenvalue weighted by Crippen LogP contribution is 2.39. The zero-order valence-corrected chi connectivity index (χ0v) is 19.6. The molecule has 3 rings (SSSR count). The molecule has 0 saturated heterocycles. The van der Waals surface area contributed by atoms with Crippen molar-refractivity contribution < 1.29 is 46.1 Å². The first-order chi connectivity index (χ1) is 16.9. The second-order valence-electron chi connectivity index (χ2n) is 7.05. The number of alkyl halides is 3. The van der Waals surface area contributed by atoms with Gasteiger partial charge >= 0.3 is 12.3 Å². The van der Waals surface area contributed by atoms with Crippen molar-refractivity contribution in [3.8, 4) is 23.0 Å². The van der Waals surface area contributed by atoms with Crippen molar-refractivity contribution in [2.75, 3.05) is 19.5 Å². The number of hydrogen-bond acceptors (Lipinski definition) is 7. The minimum atomic E-state index is -4.94. The van der Waals surface area contributed by atoms with Crippen molar-refractivity contribution in [3.63, 3.8) is 0 Å². The summed E-state index contributed by atoms with van der Waals surface area (Å²) in [5.41, 5.74) is -0.0815. The Morgan fingerprint density at radius 3 is 2.39 bits per heavy atom. The molecule has 0 aliphatic heterocycles. The van der Waals surface area contributed by atoms with E-state index in [1.807, 2.05) is 0 Å². The second-order valence-corrected chi connectivity index (χ2v) is 7.49. The summed E-state index contributed by atoms with van der Waals surface area (Å²) in [7, 11) is 2.32.